The van der Waals surface area contributed by atoms with Crippen molar-refractivity contribution in [3.8, 4) is 16.8 Å². The average Bonchev–Trinajstić information content (AvgIpc) is 3.56. The second-order valence-electron chi connectivity index (χ2n) is 9.25. The third-order valence-electron chi connectivity index (χ3n) is 6.35. The van der Waals surface area contributed by atoms with Gasteiger partial charge in [0.25, 0.3) is 0 Å². The van der Waals surface area contributed by atoms with Gasteiger partial charge in [-0.05, 0) is 82.6 Å². The fraction of sp³-hybridized carbons (Fsp3) is 0.100. The van der Waals surface area contributed by atoms with E-state index in [1.165, 1.54) is 36.3 Å². The molecule has 3 aromatic carbocycles. The van der Waals surface area contributed by atoms with Gasteiger partial charge in [-0.15, -0.1) is 5.10 Å². The maximum Gasteiger partial charge on any atom is 0.411 e. The Morgan fingerprint density at radius 1 is 1.02 bits per heavy atom. The number of carbonyl (C=O) groups excluding carboxylic acids is 2. The van der Waals surface area contributed by atoms with Crippen LogP contribution in [-0.4, -0.2) is 49.5 Å². The summed E-state index contributed by atoms with van der Waals surface area (Å²) >= 11 is 6.20. The van der Waals surface area contributed by atoms with E-state index in [-0.39, 0.29) is 5.82 Å². The molecule has 0 aliphatic rings. The fourth-order valence-corrected chi connectivity index (χ4v) is 4.42. The SMILES string of the molecule is COC(=O)Nc1ccc(-c2cnnc([C@H](Cc3ccc(F)cc3)NC(=O)/C=C/c3cc(Cl)ccc3-n3cnnn3)c2)cc1. The van der Waals surface area contributed by atoms with Crippen molar-refractivity contribution in [2.24, 2.45) is 0 Å². The van der Waals surface area contributed by atoms with Crippen molar-refractivity contribution in [2.45, 2.75) is 12.5 Å². The minimum absolute atomic E-state index is 0.326. The Hall–Kier alpha value is -5.49. The third-order valence-corrected chi connectivity index (χ3v) is 6.58. The van der Waals surface area contributed by atoms with Gasteiger partial charge in [0.2, 0.25) is 5.91 Å². The van der Waals surface area contributed by atoms with Crippen molar-refractivity contribution in [3.05, 3.63) is 119 Å². The van der Waals surface area contributed by atoms with E-state index in [9.17, 15) is 14.0 Å². The van der Waals surface area contributed by atoms with Crippen LogP contribution in [0.2, 0.25) is 5.02 Å². The molecule has 0 spiro atoms. The number of methoxy groups -OCH3 is 1. The number of rotatable bonds is 9. The lowest BCUT2D eigenvalue weighted by Gasteiger charge is -2.18. The van der Waals surface area contributed by atoms with E-state index in [4.69, 9.17) is 11.6 Å². The Morgan fingerprint density at radius 3 is 2.53 bits per heavy atom. The lowest BCUT2D eigenvalue weighted by molar-refractivity contribution is -0.117. The maximum absolute atomic E-state index is 13.6. The summed E-state index contributed by atoms with van der Waals surface area (Å²) < 4.78 is 19.7. The van der Waals surface area contributed by atoms with Crippen LogP contribution in [0.1, 0.15) is 22.9 Å². The van der Waals surface area contributed by atoms with E-state index < -0.39 is 18.0 Å². The standard InChI is InChI=1S/C30H24ClFN8O3/c1-43-30(42)35-25-10-4-20(5-11-25)22-16-27(37-33-17-22)26(14-19-2-8-24(32)9-3-19)36-29(41)13-6-21-15-23(31)7-12-28(21)40-18-34-38-39-40/h2-13,15-18,26H,14H2,1H3,(H,35,42)(H,36,41)/b13-6+/t26-/m0/s1. The number of hydrogen-bond donors (Lipinski definition) is 2. The normalized spacial score (nSPS) is 11.7. The number of anilines is 1. The molecule has 13 heteroatoms. The molecule has 0 saturated carbocycles. The van der Waals surface area contributed by atoms with Crippen LogP contribution in [0.3, 0.4) is 0 Å². The van der Waals surface area contributed by atoms with Crippen LogP contribution in [0, 0.1) is 5.82 Å². The Labute approximate surface area is 250 Å². The summed E-state index contributed by atoms with van der Waals surface area (Å²) in [5, 5.41) is 25.8. The van der Waals surface area contributed by atoms with Gasteiger partial charge < -0.3 is 10.1 Å². The molecule has 0 fully saturated rings. The second kappa shape index (κ2) is 13.4. The molecule has 216 valence electrons. The third kappa shape index (κ3) is 7.63. The quantitative estimate of drug-likeness (QED) is 0.221. The molecule has 43 heavy (non-hydrogen) atoms. The van der Waals surface area contributed by atoms with E-state index in [2.05, 4.69) is 41.1 Å². The molecule has 1 atom stereocenters. The minimum Gasteiger partial charge on any atom is -0.453 e. The molecule has 0 unspecified atom stereocenters. The Morgan fingerprint density at radius 2 is 1.81 bits per heavy atom. The van der Waals surface area contributed by atoms with Crippen LogP contribution in [0.5, 0.6) is 0 Å². The second-order valence-corrected chi connectivity index (χ2v) is 9.68. The van der Waals surface area contributed by atoms with Crippen molar-refractivity contribution in [2.75, 3.05) is 12.4 Å². The predicted octanol–water partition coefficient (Wildman–Crippen LogP) is 5.20. The molecular formula is C30H24ClFN8O3. The highest BCUT2D eigenvalue weighted by Crippen LogP contribution is 2.25. The summed E-state index contributed by atoms with van der Waals surface area (Å²) in [7, 11) is 1.29. The van der Waals surface area contributed by atoms with Crippen molar-refractivity contribution in [3.63, 3.8) is 0 Å². The Kier molecular flexibility index (Phi) is 9.08. The molecule has 5 aromatic rings. The summed E-state index contributed by atoms with van der Waals surface area (Å²) in [5.74, 6) is -0.765. The first-order valence-electron chi connectivity index (χ1n) is 12.9. The van der Waals surface area contributed by atoms with E-state index in [0.717, 1.165) is 16.7 Å². The Balaban J connectivity index is 1.40. The van der Waals surface area contributed by atoms with Crippen LogP contribution in [0.4, 0.5) is 14.9 Å². The molecule has 0 aliphatic carbocycles. The molecule has 0 radical (unpaired) electrons. The monoisotopic (exact) mass is 598 g/mol. The molecule has 5 rings (SSSR count). The zero-order valence-electron chi connectivity index (χ0n) is 22.7. The van der Waals surface area contributed by atoms with E-state index >= 15 is 0 Å². The van der Waals surface area contributed by atoms with E-state index in [1.807, 2.05) is 18.2 Å². The summed E-state index contributed by atoms with van der Waals surface area (Å²) in [5.41, 5.74) is 4.66. The number of nitrogens with zero attached hydrogens (tertiary/aromatic N) is 6. The largest absolute Gasteiger partial charge is 0.453 e. The van der Waals surface area contributed by atoms with Crippen molar-refractivity contribution in [1.29, 1.82) is 0 Å². The van der Waals surface area contributed by atoms with Gasteiger partial charge in [0.1, 0.15) is 12.1 Å². The first-order chi connectivity index (χ1) is 20.9. The highest BCUT2D eigenvalue weighted by molar-refractivity contribution is 6.30. The van der Waals surface area contributed by atoms with Gasteiger partial charge in [-0.1, -0.05) is 35.9 Å². The predicted molar refractivity (Wildman–Crippen MR) is 158 cm³/mol. The van der Waals surface area contributed by atoms with Gasteiger partial charge in [-0.2, -0.15) is 14.9 Å². The van der Waals surface area contributed by atoms with Crippen LogP contribution in [0.15, 0.2) is 91.4 Å². The Bertz CT molecular complexity index is 1750. The summed E-state index contributed by atoms with van der Waals surface area (Å²) in [6.07, 6.45) is 5.78. The van der Waals surface area contributed by atoms with Crippen LogP contribution in [0.25, 0.3) is 22.9 Å². The highest BCUT2D eigenvalue weighted by Gasteiger charge is 2.18. The van der Waals surface area contributed by atoms with E-state index in [1.54, 1.807) is 54.7 Å². The van der Waals surface area contributed by atoms with Gasteiger partial charge in [-0.25, -0.2) is 9.18 Å². The van der Waals surface area contributed by atoms with Gasteiger partial charge in [0.05, 0.1) is 30.7 Å². The fourth-order valence-electron chi connectivity index (χ4n) is 4.24. The molecule has 2 amide bonds. The molecule has 0 aliphatic heterocycles. The number of carbonyl (C=O) groups is 2. The number of aromatic nitrogens is 6. The topological polar surface area (TPSA) is 137 Å². The van der Waals surface area contributed by atoms with Crippen LogP contribution >= 0.6 is 11.6 Å². The number of halogens is 2. The first kappa shape index (κ1) is 29.0. The van der Waals surface area contributed by atoms with Gasteiger partial charge in [0.15, 0.2) is 0 Å². The lowest BCUT2D eigenvalue weighted by Crippen LogP contribution is -2.29. The number of amides is 2. The van der Waals surface area contributed by atoms with Crippen LogP contribution in [-0.2, 0) is 16.0 Å². The van der Waals surface area contributed by atoms with Crippen molar-refractivity contribution >= 4 is 35.4 Å². The van der Waals surface area contributed by atoms with Gasteiger partial charge >= 0.3 is 6.09 Å². The number of nitrogens with one attached hydrogen (secondary N) is 2. The summed E-state index contributed by atoms with van der Waals surface area (Å²) in [4.78, 5) is 24.7. The number of hydrogen-bond acceptors (Lipinski definition) is 8. The molecule has 2 N–H and O–H groups in total. The molecular weight excluding hydrogens is 575 g/mol. The number of ether oxygens (including phenoxy) is 1. The smallest absolute Gasteiger partial charge is 0.411 e. The van der Waals surface area contributed by atoms with Crippen molar-refractivity contribution in [1.82, 2.24) is 35.7 Å². The molecule has 0 saturated heterocycles. The average molecular weight is 599 g/mol. The number of tetrazole rings is 1. The highest BCUT2D eigenvalue weighted by atomic mass is 35.5. The summed E-state index contributed by atoms with van der Waals surface area (Å²) in [6, 6.07) is 19.5. The zero-order chi connectivity index (χ0) is 30.2. The van der Waals surface area contributed by atoms with Gasteiger partial charge in [-0.3, -0.25) is 10.1 Å². The van der Waals surface area contributed by atoms with E-state index in [0.29, 0.717) is 34.1 Å². The molecule has 0 bridgehead atoms. The first-order valence-corrected chi connectivity index (χ1v) is 13.3. The number of benzene rings is 3. The van der Waals surface area contributed by atoms with Gasteiger partial charge in [0, 0.05) is 27.9 Å². The molecule has 11 nitrogen and oxygen atoms in total. The van der Waals surface area contributed by atoms with Crippen molar-refractivity contribution < 1.29 is 18.7 Å². The van der Waals surface area contributed by atoms with Crippen LogP contribution < -0.4 is 10.6 Å². The molecule has 2 aromatic heterocycles. The lowest BCUT2D eigenvalue weighted by atomic mass is 10.00. The summed E-state index contributed by atoms with van der Waals surface area (Å²) in [6.45, 7) is 0. The zero-order valence-corrected chi connectivity index (χ0v) is 23.4. The maximum atomic E-state index is 13.6. The molecule has 2 heterocycles. The minimum atomic E-state index is -0.603.